The van der Waals surface area contributed by atoms with Crippen LogP contribution in [0.4, 0.5) is 0 Å². The molecule has 0 aromatic carbocycles. The van der Waals surface area contributed by atoms with Gasteiger partial charge in [-0.15, -0.1) is 0 Å². The molecule has 2 heteroatoms. The van der Waals surface area contributed by atoms with Crippen molar-refractivity contribution in [2.45, 2.75) is 70.5 Å². The first-order chi connectivity index (χ1) is 7.24. The Morgan fingerprint density at radius 1 is 1.20 bits per heavy atom. The van der Waals surface area contributed by atoms with E-state index in [0.717, 1.165) is 6.42 Å². The molecule has 15 heavy (non-hydrogen) atoms. The van der Waals surface area contributed by atoms with E-state index in [0.29, 0.717) is 18.8 Å². The van der Waals surface area contributed by atoms with E-state index in [-0.39, 0.29) is 5.41 Å². The van der Waals surface area contributed by atoms with Gasteiger partial charge in [-0.05, 0) is 44.4 Å². The highest BCUT2D eigenvalue weighted by molar-refractivity contribution is 4.86. The third-order valence-electron chi connectivity index (χ3n) is 4.23. The van der Waals surface area contributed by atoms with Crippen molar-refractivity contribution in [2.75, 3.05) is 6.61 Å². The summed E-state index contributed by atoms with van der Waals surface area (Å²) in [6.45, 7) is 2.52. The molecule has 0 aromatic heterocycles. The fourth-order valence-electron chi connectivity index (χ4n) is 3.25. The topological polar surface area (TPSA) is 29.5 Å². The lowest BCUT2D eigenvalue weighted by Crippen LogP contribution is -2.32. The van der Waals surface area contributed by atoms with Crippen LogP contribution in [0.2, 0.25) is 0 Å². The molecule has 1 aliphatic carbocycles. The lowest BCUT2D eigenvalue weighted by Gasteiger charge is -2.37. The smallest absolute Gasteiger partial charge is 0.0585 e. The average molecular weight is 212 g/mol. The maximum Gasteiger partial charge on any atom is 0.0585 e. The van der Waals surface area contributed by atoms with Crippen molar-refractivity contribution in [1.29, 1.82) is 0 Å². The van der Waals surface area contributed by atoms with Gasteiger partial charge in [0.15, 0.2) is 0 Å². The highest BCUT2D eigenvalue weighted by Crippen LogP contribution is 2.42. The summed E-state index contributed by atoms with van der Waals surface area (Å²) in [5, 5.41) is 9.61. The number of hydrogen-bond acceptors (Lipinski definition) is 2. The Morgan fingerprint density at radius 2 is 1.93 bits per heavy atom. The molecule has 0 spiro atoms. The molecule has 0 aromatic rings. The van der Waals surface area contributed by atoms with Crippen molar-refractivity contribution in [3.8, 4) is 0 Å². The fraction of sp³-hybridized carbons (Fsp3) is 1.00. The summed E-state index contributed by atoms with van der Waals surface area (Å²) >= 11 is 0. The Bertz CT molecular complexity index is 197. The van der Waals surface area contributed by atoms with Crippen molar-refractivity contribution in [1.82, 2.24) is 0 Å². The molecular formula is C13H24O2. The Labute approximate surface area is 93.0 Å². The van der Waals surface area contributed by atoms with Crippen LogP contribution in [-0.4, -0.2) is 23.9 Å². The zero-order valence-corrected chi connectivity index (χ0v) is 9.87. The number of hydrogen-bond donors (Lipinski definition) is 1. The van der Waals surface area contributed by atoms with Gasteiger partial charge in [0.25, 0.3) is 0 Å². The number of rotatable bonds is 3. The average Bonchev–Trinajstić information content (AvgIpc) is 2.65. The second-order valence-corrected chi connectivity index (χ2v) is 5.57. The van der Waals surface area contributed by atoms with Crippen LogP contribution < -0.4 is 0 Å². The molecule has 1 saturated heterocycles. The SMILES string of the molecule is CC1CCC(CC2(CO)CCCCC2)O1. The zero-order valence-electron chi connectivity index (χ0n) is 9.87. The predicted molar refractivity (Wildman–Crippen MR) is 60.8 cm³/mol. The summed E-state index contributed by atoms with van der Waals surface area (Å²) in [6, 6.07) is 0. The molecule has 2 rings (SSSR count). The van der Waals surface area contributed by atoms with E-state index in [1.807, 2.05) is 0 Å². The van der Waals surface area contributed by atoms with E-state index in [9.17, 15) is 5.11 Å². The lowest BCUT2D eigenvalue weighted by molar-refractivity contribution is -0.0114. The summed E-state index contributed by atoms with van der Waals surface area (Å²) in [4.78, 5) is 0. The third-order valence-corrected chi connectivity index (χ3v) is 4.23. The Balaban J connectivity index is 1.89. The molecule has 0 amide bonds. The summed E-state index contributed by atoms with van der Waals surface area (Å²) in [6.07, 6.45) is 10.7. The van der Waals surface area contributed by atoms with E-state index in [4.69, 9.17) is 4.74 Å². The van der Waals surface area contributed by atoms with Gasteiger partial charge in [0, 0.05) is 6.61 Å². The van der Waals surface area contributed by atoms with Crippen LogP contribution in [-0.2, 0) is 4.74 Å². The Kier molecular flexibility index (Phi) is 3.68. The molecule has 2 aliphatic rings. The first-order valence-electron chi connectivity index (χ1n) is 6.50. The van der Waals surface area contributed by atoms with Crippen LogP contribution >= 0.6 is 0 Å². The van der Waals surface area contributed by atoms with E-state index < -0.39 is 0 Å². The number of aliphatic hydroxyl groups is 1. The van der Waals surface area contributed by atoms with Crippen LogP contribution in [0.15, 0.2) is 0 Å². The molecule has 2 nitrogen and oxygen atoms in total. The molecular weight excluding hydrogens is 188 g/mol. The van der Waals surface area contributed by atoms with Crippen molar-refractivity contribution in [3.63, 3.8) is 0 Å². The molecule has 0 radical (unpaired) electrons. The first-order valence-corrected chi connectivity index (χ1v) is 6.50. The van der Waals surface area contributed by atoms with Gasteiger partial charge in [0.2, 0.25) is 0 Å². The highest BCUT2D eigenvalue weighted by atomic mass is 16.5. The first kappa shape index (κ1) is 11.4. The van der Waals surface area contributed by atoms with E-state index in [1.54, 1.807) is 0 Å². The summed E-state index contributed by atoms with van der Waals surface area (Å²) in [5.41, 5.74) is 0.201. The van der Waals surface area contributed by atoms with E-state index in [1.165, 1.54) is 44.9 Å². The maximum absolute atomic E-state index is 9.61. The van der Waals surface area contributed by atoms with E-state index >= 15 is 0 Å². The molecule has 2 fully saturated rings. The zero-order chi connectivity index (χ0) is 10.7. The molecule has 1 aliphatic heterocycles. The van der Waals surface area contributed by atoms with Gasteiger partial charge in [-0.3, -0.25) is 0 Å². The van der Waals surface area contributed by atoms with Gasteiger partial charge < -0.3 is 9.84 Å². The predicted octanol–water partition coefficient (Wildman–Crippen LogP) is 2.89. The number of aliphatic hydroxyl groups excluding tert-OH is 1. The molecule has 1 heterocycles. The van der Waals surface area contributed by atoms with Crippen LogP contribution in [0.3, 0.4) is 0 Å². The van der Waals surface area contributed by atoms with Gasteiger partial charge >= 0.3 is 0 Å². The van der Waals surface area contributed by atoms with Gasteiger partial charge in [-0.25, -0.2) is 0 Å². The molecule has 2 atom stereocenters. The minimum absolute atomic E-state index is 0.201. The maximum atomic E-state index is 9.61. The summed E-state index contributed by atoms with van der Waals surface area (Å²) in [5.74, 6) is 0. The lowest BCUT2D eigenvalue weighted by atomic mass is 9.71. The van der Waals surface area contributed by atoms with Gasteiger partial charge in [-0.1, -0.05) is 19.3 Å². The quantitative estimate of drug-likeness (QED) is 0.779. The van der Waals surface area contributed by atoms with Crippen molar-refractivity contribution < 1.29 is 9.84 Å². The molecule has 1 saturated carbocycles. The highest BCUT2D eigenvalue weighted by Gasteiger charge is 2.36. The fourth-order valence-corrected chi connectivity index (χ4v) is 3.25. The van der Waals surface area contributed by atoms with Gasteiger partial charge in [0.1, 0.15) is 0 Å². The van der Waals surface area contributed by atoms with Crippen LogP contribution in [0, 0.1) is 5.41 Å². The Morgan fingerprint density at radius 3 is 2.47 bits per heavy atom. The van der Waals surface area contributed by atoms with Crippen LogP contribution in [0.5, 0.6) is 0 Å². The van der Waals surface area contributed by atoms with Crippen molar-refractivity contribution in [2.24, 2.45) is 5.41 Å². The van der Waals surface area contributed by atoms with Crippen molar-refractivity contribution >= 4 is 0 Å². The minimum atomic E-state index is 0.201. The molecule has 0 bridgehead atoms. The summed E-state index contributed by atoms with van der Waals surface area (Å²) < 4.78 is 5.88. The minimum Gasteiger partial charge on any atom is -0.396 e. The third kappa shape index (κ3) is 2.73. The normalized spacial score (nSPS) is 35.6. The van der Waals surface area contributed by atoms with Crippen molar-refractivity contribution in [3.05, 3.63) is 0 Å². The second kappa shape index (κ2) is 4.84. The molecule has 1 N–H and O–H groups in total. The van der Waals surface area contributed by atoms with Gasteiger partial charge in [-0.2, -0.15) is 0 Å². The largest absolute Gasteiger partial charge is 0.396 e. The van der Waals surface area contributed by atoms with Crippen LogP contribution in [0.25, 0.3) is 0 Å². The molecule has 88 valence electrons. The molecule has 2 unspecified atom stereocenters. The van der Waals surface area contributed by atoms with Crippen LogP contribution in [0.1, 0.15) is 58.3 Å². The van der Waals surface area contributed by atoms with Gasteiger partial charge in [0.05, 0.1) is 12.2 Å². The van der Waals surface area contributed by atoms with E-state index in [2.05, 4.69) is 6.92 Å². The standard InChI is InChI=1S/C13H24O2/c1-11-5-6-12(15-11)9-13(10-14)7-3-2-4-8-13/h11-12,14H,2-10H2,1H3. The summed E-state index contributed by atoms with van der Waals surface area (Å²) in [7, 11) is 0. The second-order valence-electron chi connectivity index (χ2n) is 5.57. The monoisotopic (exact) mass is 212 g/mol. The Hall–Kier alpha value is -0.0800. The number of ether oxygens (including phenoxy) is 1.